The number of nitrogens with one attached hydrogen (secondary N) is 1. The van der Waals surface area contributed by atoms with Crippen molar-refractivity contribution in [2.24, 2.45) is 0 Å². The van der Waals surface area contributed by atoms with Gasteiger partial charge in [-0.25, -0.2) is 9.36 Å². The van der Waals surface area contributed by atoms with Crippen LogP contribution in [0.15, 0.2) is 0 Å². The number of carbonyl (C=O) groups excluding carboxylic acids is 1. The maximum atomic E-state index is 10.9. The molecule has 0 aliphatic carbocycles. The van der Waals surface area contributed by atoms with Crippen molar-refractivity contribution in [3.63, 3.8) is 0 Å². The molecule has 0 saturated carbocycles. The van der Waals surface area contributed by atoms with Gasteiger partial charge in [0.25, 0.3) is 0 Å². The fourth-order valence-corrected chi connectivity index (χ4v) is 0.875. The van der Waals surface area contributed by atoms with Gasteiger partial charge in [-0.2, -0.15) is 5.48 Å². The lowest BCUT2D eigenvalue weighted by atomic mass is 10.4. The second-order valence-corrected chi connectivity index (χ2v) is 4.07. The monoisotopic (exact) mass is 227 g/mol. The van der Waals surface area contributed by atoms with E-state index in [1.807, 2.05) is 0 Å². The lowest BCUT2D eigenvalue weighted by Crippen LogP contribution is -2.36. The molecule has 0 heterocycles. The van der Waals surface area contributed by atoms with Gasteiger partial charge in [0.05, 0.1) is 6.10 Å². The molecule has 0 amide bonds. The Balaban J connectivity index is 3.95. The normalized spacial score (nSPS) is 14.1. The standard InChI is InChI=1S/C6H14NO6P/c1-4(2)12-7-5(3)6(8)13-14(9,10)11/h4-5,7H,1-3H3,(H2,9,10,11)/t5-/m0/s1. The molecule has 84 valence electrons. The van der Waals surface area contributed by atoms with E-state index in [9.17, 15) is 9.36 Å². The molecule has 8 heteroatoms. The molecule has 0 aliphatic rings. The summed E-state index contributed by atoms with van der Waals surface area (Å²) in [7, 11) is -4.77. The number of hydrogen-bond donors (Lipinski definition) is 3. The molecule has 14 heavy (non-hydrogen) atoms. The highest BCUT2D eigenvalue weighted by atomic mass is 31.2. The molecule has 0 aromatic heterocycles. The van der Waals surface area contributed by atoms with Crippen LogP contribution < -0.4 is 5.48 Å². The zero-order valence-electron chi connectivity index (χ0n) is 8.13. The first kappa shape index (κ1) is 13.5. The van der Waals surface area contributed by atoms with Crippen molar-refractivity contribution in [1.82, 2.24) is 5.48 Å². The first-order valence-corrected chi connectivity index (χ1v) is 5.45. The quantitative estimate of drug-likeness (QED) is 0.446. The third kappa shape index (κ3) is 6.99. The van der Waals surface area contributed by atoms with Crippen LogP contribution in [-0.2, 0) is 18.7 Å². The molecule has 7 nitrogen and oxygen atoms in total. The fourth-order valence-electron chi connectivity index (χ4n) is 0.483. The highest BCUT2D eigenvalue weighted by Crippen LogP contribution is 2.36. The van der Waals surface area contributed by atoms with E-state index in [-0.39, 0.29) is 6.10 Å². The molecule has 0 spiro atoms. The van der Waals surface area contributed by atoms with E-state index in [4.69, 9.17) is 14.6 Å². The van der Waals surface area contributed by atoms with Gasteiger partial charge in [0.1, 0.15) is 6.04 Å². The zero-order chi connectivity index (χ0) is 11.4. The summed E-state index contributed by atoms with van der Waals surface area (Å²) < 4.78 is 14.1. The first-order valence-electron chi connectivity index (χ1n) is 3.92. The van der Waals surface area contributed by atoms with E-state index in [1.165, 1.54) is 6.92 Å². The summed E-state index contributed by atoms with van der Waals surface area (Å²) in [6.45, 7) is 4.82. The van der Waals surface area contributed by atoms with Crippen molar-refractivity contribution >= 4 is 13.8 Å². The second kappa shape index (κ2) is 5.43. The molecule has 0 radical (unpaired) electrons. The van der Waals surface area contributed by atoms with E-state index in [0.717, 1.165) is 0 Å². The van der Waals surface area contributed by atoms with Crippen molar-refractivity contribution in [1.29, 1.82) is 0 Å². The van der Waals surface area contributed by atoms with Gasteiger partial charge in [-0.3, -0.25) is 14.6 Å². The number of carbonyl (C=O) groups is 1. The van der Waals surface area contributed by atoms with Crippen LogP contribution in [0.25, 0.3) is 0 Å². The van der Waals surface area contributed by atoms with E-state index >= 15 is 0 Å². The highest BCUT2D eigenvalue weighted by molar-refractivity contribution is 7.46. The Morgan fingerprint density at radius 3 is 2.21 bits per heavy atom. The molecule has 0 aromatic carbocycles. The molecule has 0 aliphatic heterocycles. The minimum absolute atomic E-state index is 0.152. The summed E-state index contributed by atoms with van der Waals surface area (Å²) in [6.07, 6.45) is -0.152. The van der Waals surface area contributed by atoms with Gasteiger partial charge in [-0.1, -0.05) is 0 Å². The van der Waals surface area contributed by atoms with Gasteiger partial charge >= 0.3 is 13.8 Å². The molecular formula is C6H14NO6P. The van der Waals surface area contributed by atoms with Crippen LogP contribution in [0.2, 0.25) is 0 Å². The largest absolute Gasteiger partial charge is 0.527 e. The molecule has 0 unspecified atom stereocenters. The van der Waals surface area contributed by atoms with Crippen molar-refractivity contribution in [2.75, 3.05) is 0 Å². The predicted molar refractivity (Wildman–Crippen MR) is 47.0 cm³/mol. The molecule has 3 N–H and O–H groups in total. The minimum Gasteiger partial charge on any atom is -0.369 e. The van der Waals surface area contributed by atoms with Gasteiger partial charge in [0.15, 0.2) is 0 Å². The Labute approximate surface area is 81.6 Å². The average Bonchev–Trinajstić information content (AvgIpc) is 1.96. The van der Waals surface area contributed by atoms with E-state index in [2.05, 4.69) is 10.0 Å². The number of phosphoric acid groups is 1. The number of phosphoric ester groups is 1. The van der Waals surface area contributed by atoms with Crippen LogP contribution in [0.5, 0.6) is 0 Å². The van der Waals surface area contributed by atoms with E-state index in [0.29, 0.717) is 0 Å². The van der Waals surface area contributed by atoms with Crippen molar-refractivity contribution in [2.45, 2.75) is 32.9 Å². The molecule has 1 atom stereocenters. The summed E-state index contributed by atoms with van der Waals surface area (Å²) in [5, 5.41) is 0. The van der Waals surface area contributed by atoms with Gasteiger partial charge in [0.2, 0.25) is 0 Å². The number of hydrogen-bond acceptors (Lipinski definition) is 5. The third-order valence-electron chi connectivity index (χ3n) is 1.04. The summed E-state index contributed by atoms with van der Waals surface area (Å²) in [5.41, 5.74) is 2.29. The summed E-state index contributed by atoms with van der Waals surface area (Å²) in [5.74, 6) is -1.07. The Kier molecular flexibility index (Phi) is 5.25. The van der Waals surface area contributed by atoms with Crippen LogP contribution in [0.3, 0.4) is 0 Å². The highest BCUT2D eigenvalue weighted by Gasteiger charge is 2.25. The van der Waals surface area contributed by atoms with Crippen molar-refractivity contribution in [3.05, 3.63) is 0 Å². The van der Waals surface area contributed by atoms with Crippen LogP contribution in [0.4, 0.5) is 0 Å². The summed E-state index contributed by atoms with van der Waals surface area (Å²) >= 11 is 0. The Morgan fingerprint density at radius 2 is 1.86 bits per heavy atom. The van der Waals surface area contributed by atoms with Crippen molar-refractivity contribution < 1.29 is 28.5 Å². The van der Waals surface area contributed by atoms with E-state index in [1.54, 1.807) is 13.8 Å². The molecule has 0 saturated heterocycles. The van der Waals surface area contributed by atoms with Crippen LogP contribution in [0.1, 0.15) is 20.8 Å². The van der Waals surface area contributed by atoms with Crippen LogP contribution in [0, 0.1) is 0 Å². The molecule has 0 rings (SSSR count). The van der Waals surface area contributed by atoms with Gasteiger partial charge in [0, 0.05) is 0 Å². The van der Waals surface area contributed by atoms with Gasteiger partial charge in [-0.05, 0) is 20.8 Å². The van der Waals surface area contributed by atoms with E-state index < -0.39 is 19.8 Å². The Morgan fingerprint density at radius 1 is 1.36 bits per heavy atom. The number of hydroxylamine groups is 1. The summed E-state index contributed by atoms with van der Waals surface area (Å²) in [4.78, 5) is 32.4. The zero-order valence-corrected chi connectivity index (χ0v) is 9.02. The maximum Gasteiger partial charge on any atom is 0.527 e. The fraction of sp³-hybridized carbons (Fsp3) is 0.833. The van der Waals surface area contributed by atoms with Crippen LogP contribution in [-0.4, -0.2) is 27.9 Å². The Hall–Kier alpha value is -0.460. The lowest BCUT2D eigenvalue weighted by molar-refractivity contribution is -0.143. The molecule has 0 bridgehead atoms. The summed E-state index contributed by atoms with van der Waals surface area (Å²) in [6, 6.07) is -0.940. The molecule has 0 aromatic rings. The van der Waals surface area contributed by atoms with Crippen molar-refractivity contribution in [3.8, 4) is 0 Å². The predicted octanol–water partition coefficient (Wildman–Crippen LogP) is -0.0596. The Bertz CT molecular complexity index is 236. The van der Waals surface area contributed by atoms with Gasteiger partial charge < -0.3 is 4.52 Å². The number of rotatable bonds is 5. The topological polar surface area (TPSA) is 105 Å². The second-order valence-electron chi connectivity index (χ2n) is 2.91. The first-order chi connectivity index (χ1) is 6.22. The smallest absolute Gasteiger partial charge is 0.369 e. The molecular weight excluding hydrogens is 213 g/mol. The minimum atomic E-state index is -4.77. The lowest BCUT2D eigenvalue weighted by Gasteiger charge is -2.14. The third-order valence-corrected chi connectivity index (χ3v) is 1.46. The SMILES string of the molecule is CC(C)ON[C@@H](C)C(=O)OP(=O)(O)O. The maximum absolute atomic E-state index is 10.9. The average molecular weight is 227 g/mol. The van der Waals surface area contributed by atoms with Gasteiger partial charge in [-0.15, -0.1) is 0 Å². The van der Waals surface area contributed by atoms with Crippen LogP contribution >= 0.6 is 7.82 Å². The molecule has 0 fully saturated rings.